The molecule has 0 aliphatic heterocycles. The van der Waals surface area contributed by atoms with Gasteiger partial charge in [0.15, 0.2) is 5.82 Å². The lowest BCUT2D eigenvalue weighted by Gasteiger charge is -2.14. The van der Waals surface area contributed by atoms with Gasteiger partial charge < -0.3 is 13.4 Å². The standard InChI is InChI=1S/C50H31N5O2/c1-3-9-30(10-4-1)32-15-19-44-38(23-32)39-24-33(37-14-8-7-13-36(37)31-11-5-2-6-12-31)16-20-45(39)55(44)35-18-22-47-41(26-35)40-25-34(17-21-46(40)56-47)48-52-28-43-42-27-51-29-53-49(42)57-50(43)54-48/h1,3-5,7-29H,2,6H2. The van der Waals surface area contributed by atoms with Gasteiger partial charge in [0.2, 0.25) is 11.4 Å². The monoisotopic (exact) mass is 733 g/mol. The van der Waals surface area contributed by atoms with Crippen LogP contribution in [0.1, 0.15) is 18.4 Å². The highest BCUT2D eigenvalue weighted by Gasteiger charge is 2.19. The first kappa shape index (κ1) is 31.7. The van der Waals surface area contributed by atoms with Crippen molar-refractivity contribution < 1.29 is 8.83 Å². The second-order valence-corrected chi connectivity index (χ2v) is 14.6. The molecule has 7 heteroatoms. The van der Waals surface area contributed by atoms with E-state index < -0.39 is 0 Å². The Morgan fingerprint density at radius 3 is 2.07 bits per heavy atom. The molecule has 6 aromatic carbocycles. The lowest BCUT2D eigenvalue weighted by molar-refractivity contribution is 0.638. The van der Waals surface area contributed by atoms with E-state index >= 15 is 0 Å². The minimum Gasteiger partial charge on any atom is -0.456 e. The summed E-state index contributed by atoms with van der Waals surface area (Å²) in [7, 11) is 0. The molecule has 0 bridgehead atoms. The summed E-state index contributed by atoms with van der Waals surface area (Å²) in [6.07, 6.45) is 14.0. The van der Waals surface area contributed by atoms with Gasteiger partial charge in [-0.25, -0.2) is 15.0 Å². The molecule has 5 aromatic heterocycles. The van der Waals surface area contributed by atoms with E-state index in [1.165, 1.54) is 50.5 Å². The van der Waals surface area contributed by atoms with Crippen molar-refractivity contribution in [1.82, 2.24) is 24.5 Å². The van der Waals surface area contributed by atoms with E-state index in [0.29, 0.717) is 17.3 Å². The zero-order valence-corrected chi connectivity index (χ0v) is 30.6. The maximum absolute atomic E-state index is 6.40. The van der Waals surface area contributed by atoms with Crippen LogP contribution in [0.5, 0.6) is 0 Å². The van der Waals surface area contributed by atoms with Crippen molar-refractivity contribution in [2.75, 3.05) is 0 Å². The Morgan fingerprint density at radius 2 is 1.23 bits per heavy atom. The molecule has 0 amide bonds. The number of benzene rings is 6. The van der Waals surface area contributed by atoms with Gasteiger partial charge in [-0.2, -0.15) is 4.98 Å². The van der Waals surface area contributed by atoms with Crippen LogP contribution in [0.15, 0.2) is 173 Å². The van der Waals surface area contributed by atoms with Gasteiger partial charge >= 0.3 is 0 Å². The molecule has 268 valence electrons. The number of nitrogens with zero attached hydrogens (tertiary/aromatic N) is 5. The van der Waals surface area contributed by atoms with E-state index in [-0.39, 0.29) is 0 Å². The highest BCUT2D eigenvalue weighted by molar-refractivity contribution is 6.13. The third-order valence-electron chi connectivity index (χ3n) is 11.3. The van der Waals surface area contributed by atoms with Crippen LogP contribution in [-0.2, 0) is 0 Å². The first-order valence-electron chi connectivity index (χ1n) is 19.2. The van der Waals surface area contributed by atoms with Crippen molar-refractivity contribution >= 4 is 71.5 Å². The summed E-state index contributed by atoms with van der Waals surface area (Å²) in [6.45, 7) is 0. The minimum absolute atomic E-state index is 0.478. The molecular formula is C50H31N5O2. The lowest BCUT2D eigenvalue weighted by Crippen LogP contribution is -1.94. The highest BCUT2D eigenvalue weighted by Crippen LogP contribution is 2.41. The molecule has 1 aliphatic carbocycles. The van der Waals surface area contributed by atoms with E-state index in [4.69, 9.17) is 18.8 Å². The van der Waals surface area contributed by atoms with Gasteiger partial charge in [0.25, 0.3) is 0 Å². The molecule has 0 spiro atoms. The Morgan fingerprint density at radius 1 is 0.509 bits per heavy atom. The molecular weight excluding hydrogens is 703 g/mol. The van der Waals surface area contributed by atoms with Gasteiger partial charge in [0.1, 0.15) is 17.5 Å². The lowest BCUT2D eigenvalue weighted by atomic mass is 9.91. The fourth-order valence-electron chi connectivity index (χ4n) is 8.57. The van der Waals surface area contributed by atoms with Crippen LogP contribution >= 0.6 is 0 Å². The van der Waals surface area contributed by atoms with Gasteiger partial charge in [-0.15, -0.1) is 0 Å². The quantitative estimate of drug-likeness (QED) is 0.175. The molecule has 57 heavy (non-hydrogen) atoms. The number of hydrogen-bond donors (Lipinski definition) is 0. The van der Waals surface area contributed by atoms with Crippen molar-refractivity contribution in [3.05, 3.63) is 170 Å². The van der Waals surface area contributed by atoms with Crippen molar-refractivity contribution in [1.29, 1.82) is 0 Å². The summed E-state index contributed by atoms with van der Waals surface area (Å²) >= 11 is 0. The number of allylic oxidation sites excluding steroid dienone is 4. The van der Waals surface area contributed by atoms with Crippen molar-refractivity contribution in [2.24, 2.45) is 0 Å². The van der Waals surface area contributed by atoms with Crippen LogP contribution in [0.3, 0.4) is 0 Å². The second-order valence-electron chi connectivity index (χ2n) is 14.6. The SMILES string of the molecule is C1=CC(c2ccccc2-c2ccc3c(c2)c2cc(-c4ccccc4)ccc2n3-c2ccc3oc4ccc(-c5ncc6c(n5)oc5ncncc56)cc4c3c2)=CCC1. The van der Waals surface area contributed by atoms with Gasteiger partial charge in [0, 0.05) is 45.2 Å². The van der Waals surface area contributed by atoms with Gasteiger partial charge in [-0.05, 0) is 107 Å². The first-order valence-corrected chi connectivity index (χ1v) is 19.2. The van der Waals surface area contributed by atoms with E-state index in [9.17, 15) is 0 Å². The number of fused-ring (bicyclic) bond motifs is 9. The molecule has 0 radical (unpaired) electrons. The first-order chi connectivity index (χ1) is 28.2. The van der Waals surface area contributed by atoms with Gasteiger partial charge in [0.05, 0.1) is 21.8 Å². The Kier molecular flexibility index (Phi) is 6.92. The van der Waals surface area contributed by atoms with E-state index in [2.05, 4.69) is 148 Å². The number of hydrogen-bond acceptors (Lipinski definition) is 6. The molecule has 1 aliphatic rings. The average Bonchev–Trinajstić information content (AvgIpc) is 3.95. The molecule has 5 heterocycles. The van der Waals surface area contributed by atoms with Crippen LogP contribution < -0.4 is 0 Å². The Labute approximate surface area is 325 Å². The van der Waals surface area contributed by atoms with Crippen molar-refractivity contribution in [2.45, 2.75) is 12.8 Å². The summed E-state index contributed by atoms with van der Waals surface area (Å²) in [5.74, 6) is 0.562. The largest absolute Gasteiger partial charge is 0.456 e. The van der Waals surface area contributed by atoms with E-state index in [1.807, 2.05) is 12.1 Å². The molecule has 12 rings (SSSR count). The molecule has 7 nitrogen and oxygen atoms in total. The summed E-state index contributed by atoms with van der Waals surface area (Å²) in [4.78, 5) is 17.9. The summed E-state index contributed by atoms with van der Waals surface area (Å²) in [5.41, 5.74) is 14.1. The van der Waals surface area contributed by atoms with Crippen LogP contribution in [0, 0.1) is 0 Å². The molecule has 0 unspecified atom stereocenters. The summed E-state index contributed by atoms with van der Waals surface area (Å²) < 4.78 is 14.7. The fourth-order valence-corrected chi connectivity index (χ4v) is 8.57. The maximum atomic E-state index is 6.40. The van der Waals surface area contributed by atoms with Crippen molar-refractivity contribution in [3.63, 3.8) is 0 Å². The molecule has 0 atom stereocenters. The van der Waals surface area contributed by atoms with Crippen molar-refractivity contribution in [3.8, 4) is 39.3 Å². The molecule has 0 saturated carbocycles. The molecule has 0 saturated heterocycles. The van der Waals surface area contributed by atoms with E-state index in [1.54, 1.807) is 12.4 Å². The Hall–Kier alpha value is -7.64. The third-order valence-corrected chi connectivity index (χ3v) is 11.3. The zero-order valence-electron chi connectivity index (χ0n) is 30.6. The van der Waals surface area contributed by atoms with E-state index in [0.717, 1.165) is 67.8 Å². The third kappa shape index (κ3) is 5.06. The Balaban J connectivity index is 1.04. The second kappa shape index (κ2) is 12.4. The smallest absolute Gasteiger partial charge is 0.233 e. The average molecular weight is 734 g/mol. The van der Waals surface area contributed by atoms with Crippen LogP contribution in [0.2, 0.25) is 0 Å². The summed E-state index contributed by atoms with van der Waals surface area (Å²) in [5, 5.41) is 5.98. The summed E-state index contributed by atoms with van der Waals surface area (Å²) in [6, 6.07) is 45.7. The normalized spacial score (nSPS) is 13.2. The molecule has 11 aromatic rings. The number of aromatic nitrogens is 5. The topological polar surface area (TPSA) is 82.8 Å². The molecule has 0 fully saturated rings. The fraction of sp³-hybridized carbons (Fsp3) is 0.0400. The number of furan rings is 2. The van der Waals surface area contributed by atoms with Gasteiger partial charge in [-0.3, -0.25) is 0 Å². The Bertz CT molecular complexity index is 3480. The van der Waals surface area contributed by atoms with Crippen LogP contribution in [-0.4, -0.2) is 24.5 Å². The van der Waals surface area contributed by atoms with Gasteiger partial charge in [-0.1, -0.05) is 85.0 Å². The zero-order chi connectivity index (χ0) is 37.5. The highest BCUT2D eigenvalue weighted by atomic mass is 16.3. The minimum atomic E-state index is 0.478. The predicted octanol–water partition coefficient (Wildman–Crippen LogP) is 12.9. The molecule has 0 N–H and O–H groups in total. The van der Waals surface area contributed by atoms with Crippen LogP contribution in [0.25, 0.3) is 111 Å². The number of rotatable bonds is 5. The van der Waals surface area contributed by atoms with Crippen LogP contribution in [0.4, 0.5) is 0 Å². The maximum Gasteiger partial charge on any atom is 0.233 e. The predicted molar refractivity (Wildman–Crippen MR) is 229 cm³/mol.